The maximum absolute atomic E-state index is 12.0. The Bertz CT molecular complexity index is 1210. The Labute approximate surface area is 195 Å². The third-order valence-corrected chi connectivity index (χ3v) is 6.43. The van der Waals surface area contributed by atoms with Crippen LogP contribution >= 0.6 is 15.9 Å². The number of carbonyl (C=O) groups is 1. The molecule has 0 saturated carbocycles. The lowest BCUT2D eigenvalue weighted by molar-refractivity contribution is -0.137. The Balaban J connectivity index is 1.68. The topological polar surface area (TPSA) is 80.0 Å². The minimum atomic E-state index is -0.920. The number of halogens is 1. The second kappa shape index (κ2) is 9.96. The van der Waals surface area contributed by atoms with Crippen LogP contribution in [0.15, 0.2) is 71.5 Å². The number of anilines is 1. The van der Waals surface area contributed by atoms with E-state index in [0.29, 0.717) is 12.2 Å². The van der Waals surface area contributed by atoms with Gasteiger partial charge in [0.1, 0.15) is 23.8 Å². The molecule has 6 nitrogen and oxygen atoms in total. The minimum Gasteiger partial charge on any atom is -0.480 e. The van der Waals surface area contributed by atoms with Gasteiger partial charge in [0.2, 0.25) is 0 Å². The molecule has 0 aliphatic heterocycles. The maximum atomic E-state index is 12.0. The van der Waals surface area contributed by atoms with Crippen molar-refractivity contribution in [2.75, 3.05) is 5.32 Å². The van der Waals surface area contributed by atoms with E-state index in [-0.39, 0.29) is 0 Å². The second-order valence-electron chi connectivity index (χ2n) is 7.65. The molecular formula is C25H25BrN4O2. The molecule has 0 bridgehead atoms. The predicted octanol–water partition coefficient (Wildman–Crippen LogP) is 5.11. The zero-order valence-electron chi connectivity index (χ0n) is 17.8. The molecule has 2 N–H and O–H groups in total. The van der Waals surface area contributed by atoms with Crippen molar-refractivity contribution < 1.29 is 9.90 Å². The number of hydrogen-bond acceptors (Lipinski definition) is 4. The Kier molecular flexibility index (Phi) is 6.85. The normalized spacial score (nSPS) is 12.1. The van der Waals surface area contributed by atoms with Crippen molar-refractivity contribution in [2.45, 2.75) is 38.8 Å². The molecule has 0 radical (unpaired) electrons. The summed E-state index contributed by atoms with van der Waals surface area (Å²) in [5.74, 6) is -0.394. The zero-order valence-corrected chi connectivity index (χ0v) is 19.4. The predicted molar refractivity (Wildman–Crippen MR) is 130 cm³/mol. The molecule has 0 saturated heterocycles. The summed E-state index contributed by atoms with van der Waals surface area (Å²) >= 11 is 3.75. The number of hydrogen-bond donors (Lipinski definition) is 2. The van der Waals surface area contributed by atoms with Crippen molar-refractivity contribution in [1.29, 1.82) is 0 Å². The number of aromatic nitrogens is 3. The van der Waals surface area contributed by atoms with E-state index in [4.69, 9.17) is 0 Å². The van der Waals surface area contributed by atoms with Crippen LogP contribution in [0.2, 0.25) is 0 Å². The number of aryl methyl sites for hydroxylation is 2. The number of rotatable bonds is 9. The number of aliphatic carboxylic acids is 1. The van der Waals surface area contributed by atoms with Gasteiger partial charge in [0.15, 0.2) is 0 Å². The number of carboxylic acid groups (broad SMARTS) is 1. The molecule has 0 aliphatic rings. The van der Waals surface area contributed by atoms with E-state index in [1.54, 1.807) is 0 Å². The summed E-state index contributed by atoms with van der Waals surface area (Å²) in [7, 11) is 0. The first-order chi connectivity index (χ1) is 15.6. The van der Waals surface area contributed by atoms with Crippen molar-refractivity contribution in [1.82, 2.24) is 14.5 Å². The summed E-state index contributed by atoms with van der Waals surface area (Å²) in [5.41, 5.74) is 4.13. The van der Waals surface area contributed by atoms with Crippen LogP contribution in [0.1, 0.15) is 23.7 Å². The number of fused-ring (bicyclic) bond motifs is 1. The highest BCUT2D eigenvalue weighted by atomic mass is 79.9. The van der Waals surface area contributed by atoms with E-state index >= 15 is 0 Å². The van der Waals surface area contributed by atoms with Crippen molar-refractivity contribution in [3.05, 3.63) is 88.3 Å². The lowest BCUT2D eigenvalue weighted by Crippen LogP contribution is -2.32. The van der Waals surface area contributed by atoms with Crippen LogP contribution in [0.3, 0.4) is 0 Å². The van der Waals surface area contributed by atoms with Gasteiger partial charge in [-0.15, -0.1) is 0 Å². The fourth-order valence-electron chi connectivity index (χ4n) is 3.97. The second-order valence-corrected chi connectivity index (χ2v) is 8.44. The van der Waals surface area contributed by atoms with Crippen LogP contribution in [0.4, 0.5) is 5.82 Å². The molecule has 32 heavy (non-hydrogen) atoms. The van der Waals surface area contributed by atoms with Gasteiger partial charge < -0.3 is 15.0 Å². The summed E-state index contributed by atoms with van der Waals surface area (Å²) in [5, 5.41) is 13.8. The fraction of sp³-hybridized carbons (Fsp3) is 0.240. The highest BCUT2D eigenvalue weighted by molar-refractivity contribution is 9.10. The van der Waals surface area contributed by atoms with Crippen LogP contribution in [0.25, 0.3) is 11.0 Å². The average Bonchev–Trinajstić information content (AvgIpc) is 3.10. The van der Waals surface area contributed by atoms with Gasteiger partial charge in [0, 0.05) is 18.7 Å². The van der Waals surface area contributed by atoms with Crippen molar-refractivity contribution >= 4 is 38.8 Å². The average molecular weight is 493 g/mol. The SMILES string of the molecule is CCc1c(Br)c2c(NC(Cc3ccccc3)C(=O)O)ncnc2n1CCc1ccccc1. The summed E-state index contributed by atoms with van der Waals surface area (Å²) in [6.45, 7) is 2.88. The molecule has 4 rings (SSSR count). The maximum Gasteiger partial charge on any atom is 0.326 e. The first kappa shape index (κ1) is 22.0. The van der Waals surface area contributed by atoms with E-state index in [2.05, 4.69) is 54.8 Å². The van der Waals surface area contributed by atoms with Gasteiger partial charge in [0.05, 0.1) is 9.86 Å². The number of carboxylic acids is 1. The number of benzene rings is 2. The molecule has 4 aromatic rings. The first-order valence-corrected chi connectivity index (χ1v) is 11.5. The molecule has 0 fully saturated rings. The summed E-state index contributed by atoms with van der Waals surface area (Å²) in [6.07, 6.45) is 3.55. The minimum absolute atomic E-state index is 0.356. The van der Waals surface area contributed by atoms with E-state index in [0.717, 1.165) is 46.1 Å². The Morgan fingerprint density at radius 1 is 1.06 bits per heavy atom. The molecule has 0 amide bonds. The lowest BCUT2D eigenvalue weighted by Gasteiger charge is -2.16. The van der Waals surface area contributed by atoms with Gasteiger partial charge in [-0.1, -0.05) is 67.6 Å². The van der Waals surface area contributed by atoms with Gasteiger partial charge in [-0.2, -0.15) is 0 Å². The quantitative estimate of drug-likeness (QED) is 0.339. The van der Waals surface area contributed by atoms with Gasteiger partial charge >= 0.3 is 5.97 Å². The van der Waals surface area contributed by atoms with Crippen LogP contribution in [-0.4, -0.2) is 31.7 Å². The number of nitrogens with one attached hydrogen (secondary N) is 1. The Hall–Kier alpha value is -3.19. The van der Waals surface area contributed by atoms with Crippen LogP contribution < -0.4 is 5.32 Å². The summed E-state index contributed by atoms with van der Waals surface area (Å²) in [4.78, 5) is 21.0. The molecule has 2 heterocycles. The van der Waals surface area contributed by atoms with Crippen molar-refractivity contribution in [3.8, 4) is 0 Å². The van der Waals surface area contributed by atoms with Gasteiger partial charge in [-0.05, 0) is 39.9 Å². The largest absolute Gasteiger partial charge is 0.480 e. The Morgan fingerprint density at radius 3 is 2.34 bits per heavy atom. The van der Waals surface area contributed by atoms with Gasteiger partial charge in [-0.25, -0.2) is 14.8 Å². The van der Waals surface area contributed by atoms with Crippen molar-refractivity contribution in [3.63, 3.8) is 0 Å². The standard InChI is InChI=1S/C25H25BrN4O2/c1-2-20-22(26)21-23(29-19(25(31)32)15-18-11-7-4-8-12-18)27-16-28-24(21)30(20)14-13-17-9-5-3-6-10-17/h3-12,16,19H,2,13-15H2,1H3,(H,31,32)(H,27,28,29). The van der Waals surface area contributed by atoms with Crippen LogP contribution in [-0.2, 0) is 30.6 Å². The fourth-order valence-corrected chi connectivity index (χ4v) is 4.83. The molecule has 0 aliphatic carbocycles. The summed E-state index contributed by atoms with van der Waals surface area (Å²) < 4.78 is 3.11. The van der Waals surface area contributed by atoms with E-state index in [1.165, 1.54) is 11.9 Å². The van der Waals surface area contributed by atoms with Crippen LogP contribution in [0.5, 0.6) is 0 Å². The van der Waals surface area contributed by atoms with Crippen LogP contribution in [0, 0.1) is 0 Å². The number of nitrogens with zero attached hydrogens (tertiary/aromatic N) is 3. The molecule has 1 atom stereocenters. The molecular weight excluding hydrogens is 468 g/mol. The third kappa shape index (κ3) is 4.67. The molecule has 2 aromatic carbocycles. The van der Waals surface area contributed by atoms with Gasteiger partial charge in [0.25, 0.3) is 0 Å². The highest BCUT2D eigenvalue weighted by Crippen LogP contribution is 2.35. The molecule has 2 aromatic heterocycles. The Morgan fingerprint density at radius 2 is 1.72 bits per heavy atom. The zero-order chi connectivity index (χ0) is 22.5. The van der Waals surface area contributed by atoms with Crippen molar-refractivity contribution in [2.24, 2.45) is 0 Å². The van der Waals surface area contributed by atoms with Gasteiger partial charge in [-0.3, -0.25) is 0 Å². The summed E-state index contributed by atoms with van der Waals surface area (Å²) in [6, 6.07) is 19.1. The monoisotopic (exact) mass is 492 g/mol. The molecule has 7 heteroatoms. The molecule has 0 spiro atoms. The smallest absolute Gasteiger partial charge is 0.326 e. The van der Waals surface area contributed by atoms with E-state index in [9.17, 15) is 9.90 Å². The third-order valence-electron chi connectivity index (χ3n) is 5.58. The molecule has 164 valence electrons. The van der Waals surface area contributed by atoms with E-state index < -0.39 is 12.0 Å². The highest BCUT2D eigenvalue weighted by Gasteiger charge is 2.23. The lowest BCUT2D eigenvalue weighted by atomic mass is 10.1. The molecule has 1 unspecified atom stereocenters. The van der Waals surface area contributed by atoms with E-state index in [1.807, 2.05) is 48.5 Å². The first-order valence-electron chi connectivity index (χ1n) is 10.7.